The number of rotatable bonds is 0. The molecule has 1 heterocycles. The van der Waals surface area contributed by atoms with Gasteiger partial charge in [-0.05, 0) is 43.1 Å². The molecule has 0 bridgehead atoms. The average molecular weight is 417 g/mol. The third-order valence-corrected chi connectivity index (χ3v) is 8.86. The molecule has 0 unspecified atom stereocenters. The van der Waals surface area contributed by atoms with Crippen molar-refractivity contribution in [2.75, 3.05) is 0 Å². The summed E-state index contributed by atoms with van der Waals surface area (Å²) in [6, 6.07) is 35.4. The predicted molar refractivity (Wildman–Crippen MR) is 131 cm³/mol. The molecule has 0 amide bonds. The lowest BCUT2D eigenvalue weighted by Crippen LogP contribution is -1.96. The van der Waals surface area contributed by atoms with Gasteiger partial charge in [0.15, 0.2) is 0 Å². The lowest BCUT2D eigenvalue weighted by Gasteiger charge is -2.25. The molecule has 0 atom stereocenters. The van der Waals surface area contributed by atoms with E-state index in [1.54, 1.807) is 0 Å². The summed E-state index contributed by atoms with van der Waals surface area (Å²) in [5.74, 6) is 0. The first kappa shape index (κ1) is 16.8. The molecule has 140 valence electrons. The molecule has 0 aromatic heterocycles. The van der Waals surface area contributed by atoms with Gasteiger partial charge in [-0.1, -0.05) is 121 Å². The minimum atomic E-state index is 1.34. The van der Waals surface area contributed by atoms with Crippen LogP contribution in [0.15, 0.2) is 117 Å². The van der Waals surface area contributed by atoms with Crippen LogP contribution < -0.4 is 0 Å². The zero-order valence-electron chi connectivity index (χ0n) is 16.1. The van der Waals surface area contributed by atoms with E-state index < -0.39 is 0 Å². The van der Waals surface area contributed by atoms with E-state index >= 15 is 0 Å². The Morgan fingerprint density at radius 3 is 0.700 bits per heavy atom. The molecule has 0 radical (unpaired) electrons. The summed E-state index contributed by atoms with van der Waals surface area (Å²) >= 11 is 3.90. The second-order valence-corrected chi connectivity index (χ2v) is 9.74. The Kier molecular flexibility index (Phi) is 3.52. The molecule has 1 aliphatic rings. The van der Waals surface area contributed by atoms with Crippen LogP contribution in [0.2, 0.25) is 0 Å². The molecule has 0 spiro atoms. The lowest BCUT2D eigenvalue weighted by atomic mass is 10.0. The van der Waals surface area contributed by atoms with Gasteiger partial charge in [0.05, 0.1) is 0 Å². The van der Waals surface area contributed by atoms with Crippen LogP contribution in [0.5, 0.6) is 0 Å². The Morgan fingerprint density at radius 1 is 0.267 bits per heavy atom. The summed E-state index contributed by atoms with van der Waals surface area (Å²) in [6.07, 6.45) is 0. The van der Waals surface area contributed by atoms with Crippen LogP contribution in [0.25, 0.3) is 43.1 Å². The summed E-state index contributed by atoms with van der Waals surface area (Å²) in [4.78, 5) is 5.56. The molecular formula is C28H16S2. The summed E-state index contributed by atoms with van der Waals surface area (Å²) < 4.78 is 0. The summed E-state index contributed by atoms with van der Waals surface area (Å²) in [6.45, 7) is 0. The van der Waals surface area contributed by atoms with Crippen LogP contribution >= 0.6 is 23.5 Å². The first-order valence-electron chi connectivity index (χ1n) is 10.1. The highest BCUT2D eigenvalue weighted by molar-refractivity contribution is 8.05. The van der Waals surface area contributed by atoms with Gasteiger partial charge in [-0.3, -0.25) is 0 Å². The lowest BCUT2D eigenvalue weighted by molar-refractivity contribution is 1.25. The SMILES string of the molecule is c1ccc2c(c1)c1c(c3ccccc32)Sc2c(c3ccccc3c3ccccc23)S1. The van der Waals surface area contributed by atoms with E-state index in [1.165, 1.54) is 62.7 Å². The third kappa shape index (κ3) is 2.21. The number of benzene rings is 6. The Bertz CT molecular complexity index is 1400. The zero-order chi connectivity index (χ0) is 19.7. The topological polar surface area (TPSA) is 0 Å². The Morgan fingerprint density at radius 2 is 0.467 bits per heavy atom. The maximum absolute atomic E-state index is 2.28. The van der Waals surface area contributed by atoms with Gasteiger partial charge in [0, 0.05) is 19.6 Å². The van der Waals surface area contributed by atoms with Crippen molar-refractivity contribution in [1.29, 1.82) is 0 Å². The van der Waals surface area contributed by atoms with Crippen molar-refractivity contribution in [2.45, 2.75) is 19.6 Å². The molecule has 0 fully saturated rings. The van der Waals surface area contributed by atoms with Gasteiger partial charge in [0.2, 0.25) is 0 Å². The van der Waals surface area contributed by atoms with E-state index in [-0.39, 0.29) is 0 Å². The highest BCUT2D eigenvalue weighted by Crippen LogP contribution is 2.57. The molecule has 1 aliphatic heterocycles. The molecule has 0 saturated heterocycles. The van der Waals surface area contributed by atoms with Gasteiger partial charge in [-0.25, -0.2) is 0 Å². The van der Waals surface area contributed by atoms with Crippen molar-refractivity contribution < 1.29 is 0 Å². The van der Waals surface area contributed by atoms with Crippen LogP contribution in [0.1, 0.15) is 0 Å². The molecule has 7 rings (SSSR count). The van der Waals surface area contributed by atoms with Gasteiger partial charge in [0.1, 0.15) is 0 Å². The fraction of sp³-hybridized carbons (Fsp3) is 0. The maximum Gasteiger partial charge on any atom is 0.0347 e. The monoisotopic (exact) mass is 416 g/mol. The van der Waals surface area contributed by atoms with Crippen molar-refractivity contribution >= 4 is 66.6 Å². The predicted octanol–water partition coefficient (Wildman–Crippen LogP) is 8.92. The first-order valence-corrected chi connectivity index (χ1v) is 11.8. The normalized spacial score (nSPS) is 13.1. The standard InChI is InChI=1S/C28H16S2/c1-5-13-21-17(9-1)18-10-2-6-14-22(18)26-25(21)29-27-23-15-7-3-11-19(23)20-12-4-8-16-24(20)28(27)30-26/h1-16H. The number of fused-ring (bicyclic) bond motifs is 12. The Balaban J connectivity index is 1.66. The van der Waals surface area contributed by atoms with Crippen molar-refractivity contribution in [1.82, 2.24) is 0 Å². The smallest absolute Gasteiger partial charge is 0.0347 e. The molecule has 0 saturated carbocycles. The molecule has 0 aliphatic carbocycles. The second kappa shape index (κ2) is 6.28. The van der Waals surface area contributed by atoms with E-state index in [9.17, 15) is 0 Å². The summed E-state index contributed by atoms with van der Waals surface area (Å²) in [5, 5.41) is 10.8. The zero-order valence-corrected chi connectivity index (χ0v) is 17.7. The maximum atomic E-state index is 2.28. The largest absolute Gasteiger partial charge is 0.0864 e. The quantitative estimate of drug-likeness (QED) is 0.226. The minimum absolute atomic E-state index is 1.34. The number of hydrogen-bond acceptors (Lipinski definition) is 2. The first-order chi connectivity index (χ1) is 14.9. The number of hydrogen-bond donors (Lipinski definition) is 0. The Labute approximate surface area is 182 Å². The fourth-order valence-electron chi connectivity index (χ4n) is 4.76. The van der Waals surface area contributed by atoms with Crippen molar-refractivity contribution in [3.63, 3.8) is 0 Å². The van der Waals surface area contributed by atoms with Crippen LogP contribution in [-0.4, -0.2) is 0 Å². The second-order valence-electron chi connectivity index (χ2n) is 7.70. The van der Waals surface area contributed by atoms with E-state index in [0.29, 0.717) is 0 Å². The fourth-order valence-corrected chi connectivity index (χ4v) is 7.63. The summed E-state index contributed by atoms with van der Waals surface area (Å²) in [5.41, 5.74) is 0. The van der Waals surface area contributed by atoms with E-state index in [0.717, 1.165) is 0 Å². The highest BCUT2D eigenvalue weighted by atomic mass is 32.2. The van der Waals surface area contributed by atoms with Crippen molar-refractivity contribution in [2.24, 2.45) is 0 Å². The molecule has 0 nitrogen and oxygen atoms in total. The molecule has 30 heavy (non-hydrogen) atoms. The molecule has 6 aromatic rings. The molecule has 6 aromatic carbocycles. The summed E-state index contributed by atoms with van der Waals surface area (Å²) in [7, 11) is 0. The van der Waals surface area contributed by atoms with E-state index in [2.05, 4.69) is 97.1 Å². The molecular weight excluding hydrogens is 400 g/mol. The van der Waals surface area contributed by atoms with Gasteiger partial charge >= 0.3 is 0 Å². The van der Waals surface area contributed by atoms with Gasteiger partial charge in [0.25, 0.3) is 0 Å². The Hall–Kier alpha value is -2.94. The van der Waals surface area contributed by atoms with Crippen molar-refractivity contribution in [3.05, 3.63) is 97.1 Å². The van der Waals surface area contributed by atoms with Gasteiger partial charge in [-0.15, -0.1) is 0 Å². The third-order valence-electron chi connectivity index (χ3n) is 6.09. The molecule has 0 N–H and O–H groups in total. The van der Waals surface area contributed by atoms with Gasteiger partial charge < -0.3 is 0 Å². The van der Waals surface area contributed by atoms with Gasteiger partial charge in [-0.2, -0.15) is 0 Å². The van der Waals surface area contributed by atoms with Crippen LogP contribution in [0.3, 0.4) is 0 Å². The molecule has 2 heteroatoms. The van der Waals surface area contributed by atoms with E-state index in [4.69, 9.17) is 0 Å². The minimum Gasteiger partial charge on any atom is -0.0864 e. The van der Waals surface area contributed by atoms with Crippen LogP contribution in [0.4, 0.5) is 0 Å². The van der Waals surface area contributed by atoms with E-state index in [1.807, 2.05) is 23.5 Å². The van der Waals surface area contributed by atoms with Crippen LogP contribution in [0, 0.1) is 0 Å². The van der Waals surface area contributed by atoms with Crippen molar-refractivity contribution in [3.8, 4) is 0 Å². The highest BCUT2D eigenvalue weighted by Gasteiger charge is 2.26. The average Bonchev–Trinajstić information content (AvgIpc) is 2.83. The van der Waals surface area contributed by atoms with Crippen LogP contribution in [-0.2, 0) is 0 Å².